The zero-order valence-corrected chi connectivity index (χ0v) is 13.6. The van der Waals surface area contributed by atoms with E-state index in [-0.39, 0.29) is 16.3 Å². The van der Waals surface area contributed by atoms with Gasteiger partial charge in [-0.25, -0.2) is 0 Å². The Kier molecular flexibility index (Phi) is 6.50. The Balaban J connectivity index is 0.000000240. The molecule has 2 rings (SSSR count). The lowest BCUT2D eigenvalue weighted by molar-refractivity contribution is -0.394. The lowest BCUT2D eigenvalue weighted by Gasteiger charge is -2.00. The van der Waals surface area contributed by atoms with Crippen LogP contribution in [0.4, 0.5) is 11.4 Å². The van der Waals surface area contributed by atoms with Crippen molar-refractivity contribution < 1.29 is 22.4 Å². The molecule has 24 heavy (non-hydrogen) atoms. The molecule has 0 spiro atoms. The van der Waals surface area contributed by atoms with Gasteiger partial charge in [0.2, 0.25) is 0 Å². The van der Waals surface area contributed by atoms with E-state index in [1.54, 1.807) is 12.1 Å². The van der Waals surface area contributed by atoms with Crippen molar-refractivity contribution in [3.63, 3.8) is 0 Å². The monoisotopic (exact) mass is 354 g/mol. The highest BCUT2D eigenvalue weighted by Gasteiger charge is 2.12. The van der Waals surface area contributed by atoms with Crippen LogP contribution in [-0.2, 0) is 14.3 Å². The fourth-order valence-corrected chi connectivity index (χ4v) is 2.18. The first-order valence-electron chi connectivity index (χ1n) is 6.43. The van der Waals surface area contributed by atoms with E-state index in [9.17, 15) is 28.6 Å². The molecule has 0 radical (unpaired) electrons. The summed E-state index contributed by atoms with van der Waals surface area (Å²) in [6.07, 6.45) is 0. The van der Waals surface area contributed by atoms with Gasteiger partial charge >= 0.3 is 0 Å². The second-order valence-corrected chi connectivity index (χ2v) is 6.18. The number of aryl methyl sites for hydroxylation is 1. The molecular weight excluding hydrogens is 340 g/mol. The highest BCUT2D eigenvalue weighted by atomic mass is 32.2. The van der Waals surface area contributed by atoms with Gasteiger partial charge < -0.3 is 0 Å². The van der Waals surface area contributed by atoms with Gasteiger partial charge in [0.1, 0.15) is 0 Å². The summed E-state index contributed by atoms with van der Waals surface area (Å²) < 4.78 is 26.5. The quantitative estimate of drug-likeness (QED) is 0.469. The zero-order chi connectivity index (χ0) is 18.3. The van der Waals surface area contributed by atoms with E-state index in [1.807, 2.05) is 6.92 Å². The van der Waals surface area contributed by atoms with Crippen molar-refractivity contribution in [1.82, 2.24) is 0 Å². The normalized spacial score (nSPS) is 10.4. The van der Waals surface area contributed by atoms with Crippen LogP contribution in [0.1, 0.15) is 5.56 Å². The van der Waals surface area contributed by atoms with Gasteiger partial charge in [-0.05, 0) is 25.1 Å². The van der Waals surface area contributed by atoms with E-state index < -0.39 is 20.0 Å². The molecule has 0 aliphatic carbocycles. The van der Waals surface area contributed by atoms with Crippen molar-refractivity contribution in [2.75, 3.05) is 7.11 Å². The third kappa shape index (κ3) is 5.41. The first-order chi connectivity index (χ1) is 11.2. The summed E-state index contributed by atoms with van der Waals surface area (Å²) >= 11 is 0. The van der Waals surface area contributed by atoms with Crippen molar-refractivity contribution in [3.8, 4) is 0 Å². The standard InChI is InChI=1S/C8H10O3S.C6H4N2O4/c1-7-3-5-8(6-4-7)12(9,10)11-2;9-7(10)5-2-1-3-6(4-5)8(11)12/h3-6H,1-2H3;1-4H. The molecule has 128 valence electrons. The van der Waals surface area contributed by atoms with Gasteiger partial charge in [0.05, 0.1) is 27.9 Å². The number of nitro benzene ring substituents is 2. The van der Waals surface area contributed by atoms with E-state index in [4.69, 9.17) is 0 Å². The molecule has 0 fully saturated rings. The van der Waals surface area contributed by atoms with Crippen LogP contribution in [0.5, 0.6) is 0 Å². The molecule has 0 aliphatic rings. The molecule has 0 bridgehead atoms. The van der Waals surface area contributed by atoms with Gasteiger partial charge in [-0.2, -0.15) is 8.42 Å². The molecule has 2 aromatic rings. The predicted molar refractivity (Wildman–Crippen MR) is 85.1 cm³/mol. The first kappa shape index (κ1) is 19.2. The van der Waals surface area contributed by atoms with Crippen LogP contribution >= 0.6 is 0 Å². The molecule has 10 heteroatoms. The van der Waals surface area contributed by atoms with E-state index in [0.29, 0.717) is 0 Å². The van der Waals surface area contributed by atoms with Gasteiger partial charge in [-0.15, -0.1) is 0 Å². The second-order valence-electron chi connectivity index (χ2n) is 4.47. The van der Waals surface area contributed by atoms with Crippen molar-refractivity contribution in [2.24, 2.45) is 0 Å². The van der Waals surface area contributed by atoms with Crippen LogP contribution in [-0.4, -0.2) is 25.4 Å². The van der Waals surface area contributed by atoms with Crippen molar-refractivity contribution >= 4 is 21.5 Å². The Morgan fingerprint density at radius 3 is 1.75 bits per heavy atom. The number of nitro groups is 2. The molecule has 0 N–H and O–H groups in total. The SMILES string of the molecule is COS(=O)(=O)c1ccc(C)cc1.O=[N+]([O-])c1cccc([N+](=O)[O-])c1. The first-order valence-corrected chi connectivity index (χ1v) is 7.84. The van der Waals surface area contributed by atoms with Gasteiger partial charge in [-0.1, -0.05) is 17.7 Å². The zero-order valence-electron chi connectivity index (χ0n) is 12.8. The van der Waals surface area contributed by atoms with Crippen LogP contribution in [0.3, 0.4) is 0 Å². The number of benzene rings is 2. The molecule has 0 aromatic heterocycles. The highest BCUT2D eigenvalue weighted by Crippen LogP contribution is 2.18. The smallest absolute Gasteiger partial charge is 0.270 e. The molecule has 0 amide bonds. The molecular formula is C14H14N2O7S. The Hall–Kier alpha value is -2.85. The number of hydrogen-bond donors (Lipinski definition) is 0. The summed E-state index contributed by atoms with van der Waals surface area (Å²) in [7, 11) is -2.37. The summed E-state index contributed by atoms with van der Waals surface area (Å²) in [5.74, 6) is 0. The van der Waals surface area contributed by atoms with E-state index >= 15 is 0 Å². The second kappa shape index (κ2) is 8.13. The lowest BCUT2D eigenvalue weighted by atomic mass is 10.2. The molecule has 0 aliphatic heterocycles. The minimum Gasteiger partial charge on any atom is -0.270 e. The molecule has 2 aromatic carbocycles. The number of hydrogen-bond acceptors (Lipinski definition) is 7. The van der Waals surface area contributed by atoms with Gasteiger partial charge in [0, 0.05) is 12.1 Å². The average molecular weight is 354 g/mol. The summed E-state index contributed by atoms with van der Waals surface area (Å²) in [6, 6.07) is 11.1. The third-order valence-corrected chi connectivity index (χ3v) is 4.07. The maximum atomic E-state index is 11.1. The summed E-state index contributed by atoms with van der Waals surface area (Å²) in [6.45, 7) is 1.89. The molecule has 9 nitrogen and oxygen atoms in total. The molecule has 0 unspecified atom stereocenters. The van der Waals surface area contributed by atoms with Crippen molar-refractivity contribution in [1.29, 1.82) is 0 Å². The Bertz CT molecular complexity index is 803. The Labute approximate surface area is 137 Å². The predicted octanol–water partition coefficient (Wildman–Crippen LogP) is 2.83. The number of rotatable bonds is 4. The minimum absolute atomic E-state index is 0.190. The lowest BCUT2D eigenvalue weighted by Crippen LogP contribution is -2.02. The number of nitrogens with zero attached hydrogens (tertiary/aromatic N) is 2. The largest absolute Gasteiger partial charge is 0.296 e. The van der Waals surface area contributed by atoms with Crippen molar-refractivity contribution in [2.45, 2.75) is 11.8 Å². The van der Waals surface area contributed by atoms with Crippen LogP contribution in [0.2, 0.25) is 0 Å². The molecule has 0 saturated heterocycles. The fourth-order valence-electron chi connectivity index (χ4n) is 1.52. The summed E-state index contributed by atoms with van der Waals surface area (Å²) in [5.41, 5.74) is 0.471. The highest BCUT2D eigenvalue weighted by molar-refractivity contribution is 7.86. The average Bonchev–Trinajstić information content (AvgIpc) is 2.56. The molecule has 0 atom stereocenters. The summed E-state index contributed by atoms with van der Waals surface area (Å²) in [4.78, 5) is 19.2. The van der Waals surface area contributed by atoms with Gasteiger partial charge in [0.25, 0.3) is 21.5 Å². The molecule has 0 heterocycles. The van der Waals surface area contributed by atoms with Crippen LogP contribution in [0.15, 0.2) is 53.4 Å². The van der Waals surface area contributed by atoms with E-state index in [1.165, 1.54) is 30.3 Å². The van der Waals surface area contributed by atoms with E-state index in [2.05, 4.69) is 4.18 Å². The van der Waals surface area contributed by atoms with Crippen molar-refractivity contribution in [3.05, 3.63) is 74.3 Å². The molecule has 0 saturated carbocycles. The Morgan fingerprint density at radius 1 is 0.917 bits per heavy atom. The number of non-ortho nitro benzene ring substituents is 2. The van der Waals surface area contributed by atoms with Gasteiger partial charge in [-0.3, -0.25) is 24.4 Å². The Morgan fingerprint density at radius 2 is 1.38 bits per heavy atom. The maximum Gasteiger partial charge on any atom is 0.296 e. The van der Waals surface area contributed by atoms with E-state index in [0.717, 1.165) is 18.7 Å². The van der Waals surface area contributed by atoms with Gasteiger partial charge in [0.15, 0.2) is 0 Å². The topological polar surface area (TPSA) is 130 Å². The van der Waals surface area contributed by atoms with Crippen LogP contribution in [0.25, 0.3) is 0 Å². The maximum absolute atomic E-state index is 11.1. The minimum atomic E-state index is -3.51. The third-order valence-electron chi connectivity index (χ3n) is 2.78. The fraction of sp³-hybridized carbons (Fsp3) is 0.143. The van der Waals surface area contributed by atoms with Crippen LogP contribution < -0.4 is 0 Å². The summed E-state index contributed by atoms with van der Waals surface area (Å²) in [5, 5.41) is 20.3. The van der Waals surface area contributed by atoms with Crippen LogP contribution in [0, 0.1) is 27.2 Å².